The standard InChI is InChI=1S/C17H18BrNO2/c1-13(10-15-8-5-9-16(18)11-15)19-17(20)21-12-14-6-3-2-4-7-14/h2-9,11,13H,10,12H2,1H3,(H,19,20)/t13-/m0/s1. The minimum absolute atomic E-state index is 0.0163. The van der Waals surface area contributed by atoms with Crippen molar-refractivity contribution in [2.24, 2.45) is 0 Å². The maximum Gasteiger partial charge on any atom is 0.407 e. The van der Waals surface area contributed by atoms with E-state index in [-0.39, 0.29) is 18.7 Å². The van der Waals surface area contributed by atoms with Crippen LogP contribution in [0.5, 0.6) is 0 Å². The smallest absolute Gasteiger partial charge is 0.407 e. The van der Waals surface area contributed by atoms with Gasteiger partial charge in [-0.3, -0.25) is 0 Å². The Kier molecular flexibility index (Phi) is 5.81. The van der Waals surface area contributed by atoms with Gasteiger partial charge in [0, 0.05) is 10.5 Å². The number of ether oxygens (including phenoxy) is 1. The van der Waals surface area contributed by atoms with Gasteiger partial charge in [0.05, 0.1) is 0 Å². The summed E-state index contributed by atoms with van der Waals surface area (Å²) in [5, 5.41) is 2.84. The van der Waals surface area contributed by atoms with Crippen molar-refractivity contribution in [2.45, 2.75) is 26.0 Å². The number of amides is 1. The quantitative estimate of drug-likeness (QED) is 0.875. The summed E-state index contributed by atoms with van der Waals surface area (Å²) < 4.78 is 6.24. The lowest BCUT2D eigenvalue weighted by Crippen LogP contribution is -2.34. The largest absolute Gasteiger partial charge is 0.445 e. The van der Waals surface area contributed by atoms with Crippen LogP contribution in [0.15, 0.2) is 59.1 Å². The van der Waals surface area contributed by atoms with Crippen molar-refractivity contribution in [3.05, 3.63) is 70.2 Å². The van der Waals surface area contributed by atoms with Crippen molar-refractivity contribution < 1.29 is 9.53 Å². The van der Waals surface area contributed by atoms with Crippen LogP contribution < -0.4 is 5.32 Å². The van der Waals surface area contributed by atoms with Gasteiger partial charge in [-0.2, -0.15) is 0 Å². The van der Waals surface area contributed by atoms with Gasteiger partial charge in [-0.05, 0) is 36.6 Å². The fraction of sp³-hybridized carbons (Fsp3) is 0.235. The molecule has 1 amide bonds. The molecule has 0 heterocycles. The zero-order chi connectivity index (χ0) is 15.1. The minimum Gasteiger partial charge on any atom is -0.445 e. The van der Waals surface area contributed by atoms with Gasteiger partial charge in [-0.15, -0.1) is 0 Å². The molecule has 21 heavy (non-hydrogen) atoms. The monoisotopic (exact) mass is 347 g/mol. The van der Waals surface area contributed by atoms with Crippen LogP contribution in [0.3, 0.4) is 0 Å². The van der Waals surface area contributed by atoms with Crippen LogP contribution in [-0.4, -0.2) is 12.1 Å². The first-order valence-corrected chi connectivity index (χ1v) is 7.64. The predicted octanol–water partition coefficient (Wildman–Crippen LogP) is 4.31. The first-order chi connectivity index (χ1) is 10.1. The van der Waals surface area contributed by atoms with Gasteiger partial charge in [0.15, 0.2) is 0 Å². The molecule has 110 valence electrons. The summed E-state index contributed by atoms with van der Waals surface area (Å²) in [5.41, 5.74) is 2.15. The number of alkyl carbamates (subject to hydrolysis) is 1. The Morgan fingerprint density at radius 1 is 1.14 bits per heavy atom. The van der Waals surface area contributed by atoms with E-state index in [1.165, 1.54) is 5.56 Å². The molecule has 0 saturated heterocycles. The second-order valence-corrected chi connectivity index (χ2v) is 5.86. The van der Waals surface area contributed by atoms with E-state index in [0.717, 1.165) is 16.5 Å². The number of halogens is 1. The summed E-state index contributed by atoms with van der Waals surface area (Å²) >= 11 is 3.44. The molecule has 4 heteroatoms. The fourth-order valence-electron chi connectivity index (χ4n) is 2.03. The minimum atomic E-state index is -0.388. The topological polar surface area (TPSA) is 38.3 Å². The van der Waals surface area contributed by atoms with Gasteiger partial charge in [-0.25, -0.2) is 4.79 Å². The van der Waals surface area contributed by atoms with E-state index >= 15 is 0 Å². The summed E-state index contributed by atoms with van der Waals surface area (Å²) in [6.07, 6.45) is 0.376. The molecule has 0 unspecified atom stereocenters. The third kappa shape index (κ3) is 5.60. The maximum atomic E-state index is 11.7. The van der Waals surface area contributed by atoms with E-state index in [2.05, 4.69) is 21.2 Å². The molecule has 1 N–H and O–H groups in total. The van der Waals surface area contributed by atoms with Crippen molar-refractivity contribution in [3.63, 3.8) is 0 Å². The second-order valence-electron chi connectivity index (χ2n) is 4.94. The molecule has 3 nitrogen and oxygen atoms in total. The van der Waals surface area contributed by atoms with Gasteiger partial charge in [0.25, 0.3) is 0 Å². The van der Waals surface area contributed by atoms with Crippen molar-refractivity contribution in [3.8, 4) is 0 Å². The molecule has 0 aliphatic carbocycles. The number of nitrogens with one attached hydrogen (secondary N) is 1. The molecule has 0 spiro atoms. The van der Waals surface area contributed by atoms with Gasteiger partial charge in [0.2, 0.25) is 0 Å². The Bertz CT molecular complexity index is 586. The zero-order valence-electron chi connectivity index (χ0n) is 11.9. The van der Waals surface area contributed by atoms with Crippen LogP contribution in [0.1, 0.15) is 18.1 Å². The molecule has 1 atom stereocenters. The van der Waals surface area contributed by atoms with Crippen LogP contribution in [0.2, 0.25) is 0 Å². The maximum absolute atomic E-state index is 11.7. The summed E-state index contributed by atoms with van der Waals surface area (Å²) in [6, 6.07) is 17.7. The Labute approximate surface area is 133 Å². The highest BCUT2D eigenvalue weighted by Gasteiger charge is 2.09. The van der Waals surface area contributed by atoms with Crippen molar-refractivity contribution in [1.29, 1.82) is 0 Å². The summed E-state index contributed by atoms with van der Waals surface area (Å²) in [6.45, 7) is 2.25. The number of carbonyl (C=O) groups is 1. The summed E-state index contributed by atoms with van der Waals surface area (Å²) in [4.78, 5) is 11.7. The van der Waals surface area contributed by atoms with Crippen molar-refractivity contribution >= 4 is 22.0 Å². The van der Waals surface area contributed by atoms with Crippen molar-refractivity contribution in [1.82, 2.24) is 5.32 Å². The first-order valence-electron chi connectivity index (χ1n) is 6.85. The number of hydrogen-bond acceptors (Lipinski definition) is 2. The van der Waals surface area contributed by atoms with Gasteiger partial charge < -0.3 is 10.1 Å². The van der Waals surface area contributed by atoms with Crippen molar-refractivity contribution in [2.75, 3.05) is 0 Å². The third-order valence-electron chi connectivity index (χ3n) is 3.01. The Morgan fingerprint density at radius 2 is 1.86 bits per heavy atom. The van der Waals surface area contributed by atoms with Crippen LogP contribution in [0.4, 0.5) is 4.79 Å². The lowest BCUT2D eigenvalue weighted by Gasteiger charge is -2.14. The molecule has 0 aromatic heterocycles. The highest BCUT2D eigenvalue weighted by Crippen LogP contribution is 2.13. The van der Waals surface area contributed by atoms with Crippen LogP contribution in [0, 0.1) is 0 Å². The van der Waals surface area contributed by atoms with E-state index in [4.69, 9.17) is 4.74 Å². The second kappa shape index (κ2) is 7.84. The molecule has 2 rings (SSSR count). The molecular formula is C17H18BrNO2. The summed E-state index contributed by atoms with van der Waals surface area (Å²) in [7, 11) is 0. The SMILES string of the molecule is C[C@@H](Cc1cccc(Br)c1)NC(=O)OCc1ccccc1. The van der Waals surface area contributed by atoms with E-state index in [1.807, 2.05) is 61.5 Å². The molecule has 0 bridgehead atoms. The van der Waals surface area contributed by atoms with Crippen LogP contribution in [0.25, 0.3) is 0 Å². The molecular weight excluding hydrogens is 330 g/mol. The molecule has 0 aliphatic heterocycles. The number of benzene rings is 2. The number of carbonyl (C=O) groups excluding carboxylic acids is 1. The Hall–Kier alpha value is -1.81. The predicted molar refractivity (Wildman–Crippen MR) is 87.1 cm³/mol. The zero-order valence-corrected chi connectivity index (χ0v) is 13.5. The number of rotatable bonds is 5. The molecule has 2 aromatic rings. The highest BCUT2D eigenvalue weighted by molar-refractivity contribution is 9.10. The Balaban J connectivity index is 1.77. The normalized spacial score (nSPS) is 11.7. The lowest BCUT2D eigenvalue weighted by atomic mass is 10.1. The van der Waals surface area contributed by atoms with Gasteiger partial charge in [0.1, 0.15) is 6.61 Å². The molecule has 2 aromatic carbocycles. The van der Waals surface area contributed by atoms with Gasteiger partial charge in [-0.1, -0.05) is 58.4 Å². The summed E-state index contributed by atoms with van der Waals surface area (Å²) in [5.74, 6) is 0. The molecule has 0 saturated carbocycles. The van der Waals surface area contributed by atoms with E-state index in [0.29, 0.717) is 0 Å². The third-order valence-corrected chi connectivity index (χ3v) is 3.50. The lowest BCUT2D eigenvalue weighted by molar-refractivity contribution is 0.136. The van der Waals surface area contributed by atoms with E-state index in [1.54, 1.807) is 0 Å². The average Bonchev–Trinajstić information content (AvgIpc) is 2.46. The van der Waals surface area contributed by atoms with E-state index in [9.17, 15) is 4.79 Å². The Morgan fingerprint density at radius 3 is 2.57 bits per heavy atom. The molecule has 0 radical (unpaired) electrons. The van der Waals surface area contributed by atoms with Crippen LogP contribution in [-0.2, 0) is 17.8 Å². The average molecular weight is 348 g/mol. The van der Waals surface area contributed by atoms with Crippen LogP contribution >= 0.6 is 15.9 Å². The van der Waals surface area contributed by atoms with E-state index < -0.39 is 0 Å². The number of hydrogen-bond donors (Lipinski definition) is 1. The molecule has 0 fully saturated rings. The highest BCUT2D eigenvalue weighted by atomic mass is 79.9. The first kappa shape index (κ1) is 15.6. The molecule has 0 aliphatic rings. The van der Waals surface area contributed by atoms with Gasteiger partial charge >= 0.3 is 6.09 Å². The fourth-order valence-corrected chi connectivity index (χ4v) is 2.48.